The van der Waals surface area contributed by atoms with Gasteiger partial charge >= 0.3 is 0 Å². The summed E-state index contributed by atoms with van der Waals surface area (Å²) in [7, 11) is 0. The zero-order valence-electron chi connectivity index (χ0n) is 8.93. The van der Waals surface area contributed by atoms with Crippen molar-refractivity contribution < 1.29 is 5.11 Å². The molecule has 0 radical (unpaired) electrons. The van der Waals surface area contributed by atoms with Gasteiger partial charge in [0.25, 0.3) is 0 Å². The second kappa shape index (κ2) is 3.65. The maximum atomic E-state index is 10.1. The molecule has 2 fully saturated rings. The van der Waals surface area contributed by atoms with E-state index in [1.54, 1.807) is 12.4 Å². The maximum Gasteiger partial charge on any atom is 0.147 e. The second-order valence-corrected chi connectivity index (χ2v) is 5.24. The number of aromatic nitrogens is 2. The molecule has 0 atom stereocenters. The first-order chi connectivity index (χ1) is 7.66. The van der Waals surface area contributed by atoms with Gasteiger partial charge in [-0.05, 0) is 18.8 Å². The van der Waals surface area contributed by atoms with Crippen molar-refractivity contribution in [2.24, 2.45) is 5.92 Å². The Kier molecular flexibility index (Phi) is 2.38. The molecule has 1 aromatic rings. The molecule has 2 aliphatic rings. The molecule has 0 aromatic carbocycles. The summed E-state index contributed by atoms with van der Waals surface area (Å²) >= 11 is 5.66. The van der Waals surface area contributed by atoms with Gasteiger partial charge in [-0.2, -0.15) is 0 Å². The van der Waals surface area contributed by atoms with Crippen LogP contribution in [-0.2, 0) is 6.54 Å². The van der Waals surface area contributed by atoms with Crippen LogP contribution in [0.25, 0.3) is 0 Å². The molecule has 0 bridgehead atoms. The van der Waals surface area contributed by atoms with Gasteiger partial charge in [0.15, 0.2) is 0 Å². The van der Waals surface area contributed by atoms with Gasteiger partial charge in [-0.25, -0.2) is 4.98 Å². The van der Waals surface area contributed by atoms with E-state index >= 15 is 0 Å². The lowest BCUT2D eigenvalue weighted by Gasteiger charge is -2.46. The van der Waals surface area contributed by atoms with E-state index in [-0.39, 0.29) is 0 Å². The largest absolute Gasteiger partial charge is 0.387 e. The van der Waals surface area contributed by atoms with Crippen LogP contribution in [0.1, 0.15) is 18.5 Å². The van der Waals surface area contributed by atoms with Crippen molar-refractivity contribution in [3.63, 3.8) is 0 Å². The first-order valence-electron chi connectivity index (χ1n) is 5.57. The Balaban J connectivity index is 1.55. The normalized spacial score (nSPS) is 24.1. The number of halogens is 1. The molecule has 0 spiro atoms. The van der Waals surface area contributed by atoms with Gasteiger partial charge in [-0.3, -0.25) is 9.88 Å². The molecule has 0 amide bonds. The number of hydrogen-bond acceptors (Lipinski definition) is 4. The van der Waals surface area contributed by atoms with Gasteiger partial charge in [0.2, 0.25) is 0 Å². The molecule has 1 N–H and O–H groups in total. The third-order valence-electron chi connectivity index (χ3n) is 3.39. The van der Waals surface area contributed by atoms with Crippen molar-refractivity contribution in [2.45, 2.75) is 25.0 Å². The Morgan fingerprint density at radius 2 is 2.12 bits per heavy atom. The number of hydrogen-bond donors (Lipinski definition) is 1. The summed E-state index contributed by atoms with van der Waals surface area (Å²) < 4.78 is 0. The molecule has 1 aromatic heterocycles. The van der Waals surface area contributed by atoms with E-state index in [0.29, 0.717) is 11.1 Å². The lowest BCUT2D eigenvalue weighted by Crippen LogP contribution is -2.62. The summed E-state index contributed by atoms with van der Waals surface area (Å²) in [6.07, 6.45) is 5.62. The van der Waals surface area contributed by atoms with E-state index in [1.807, 2.05) is 0 Å². The van der Waals surface area contributed by atoms with Crippen molar-refractivity contribution in [2.75, 3.05) is 13.1 Å². The number of rotatable bonds is 3. The number of nitrogens with zero attached hydrogens (tertiary/aromatic N) is 3. The fourth-order valence-electron chi connectivity index (χ4n) is 2.37. The average Bonchev–Trinajstić information content (AvgIpc) is 3.02. The molecule has 2 heterocycles. The molecule has 1 saturated carbocycles. The highest BCUT2D eigenvalue weighted by molar-refractivity contribution is 6.29. The monoisotopic (exact) mass is 239 g/mol. The quantitative estimate of drug-likeness (QED) is 0.858. The number of β-amino-alcohol motifs (C(OH)–C–C–N with tert-alkyl or cyclic N) is 1. The number of aliphatic hydroxyl groups is 1. The average molecular weight is 240 g/mol. The SMILES string of the molecule is OC1(C2CC2)CN(Cc2cnc(Cl)cn2)C1. The summed E-state index contributed by atoms with van der Waals surface area (Å²) in [6, 6.07) is 0. The summed E-state index contributed by atoms with van der Waals surface area (Å²) in [4.78, 5) is 10.4. The van der Waals surface area contributed by atoms with E-state index < -0.39 is 5.60 Å². The van der Waals surface area contributed by atoms with E-state index in [9.17, 15) is 5.11 Å². The van der Waals surface area contributed by atoms with Gasteiger partial charge in [-0.15, -0.1) is 0 Å². The highest BCUT2D eigenvalue weighted by atomic mass is 35.5. The van der Waals surface area contributed by atoms with Crippen LogP contribution in [0.2, 0.25) is 5.15 Å². The zero-order valence-corrected chi connectivity index (χ0v) is 9.69. The Morgan fingerprint density at radius 3 is 2.69 bits per heavy atom. The number of likely N-dealkylation sites (tertiary alicyclic amines) is 1. The molecule has 4 nitrogen and oxygen atoms in total. The molecule has 86 valence electrons. The van der Waals surface area contributed by atoms with Crippen molar-refractivity contribution in [3.05, 3.63) is 23.2 Å². The fourth-order valence-corrected chi connectivity index (χ4v) is 2.47. The Hall–Kier alpha value is -0.710. The van der Waals surface area contributed by atoms with E-state index in [0.717, 1.165) is 25.3 Å². The maximum absolute atomic E-state index is 10.1. The highest BCUT2D eigenvalue weighted by Crippen LogP contribution is 2.44. The van der Waals surface area contributed by atoms with Crippen LogP contribution < -0.4 is 0 Å². The van der Waals surface area contributed by atoms with Gasteiger partial charge in [0.1, 0.15) is 5.15 Å². The summed E-state index contributed by atoms with van der Waals surface area (Å²) in [5.74, 6) is 0.542. The van der Waals surface area contributed by atoms with Gasteiger partial charge in [0, 0.05) is 19.6 Å². The highest BCUT2D eigenvalue weighted by Gasteiger charge is 2.51. The molecule has 0 unspecified atom stereocenters. The van der Waals surface area contributed by atoms with E-state index in [1.165, 1.54) is 12.8 Å². The summed E-state index contributed by atoms with van der Waals surface area (Å²) in [6.45, 7) is 2.28. The Bertz CT molecular complexity index is 385. The minimum atomic E-state index is -0.417. The summed E-state index contributed by atoms with van der Waals surface area (Å²) in [5, 5.41) is 10.6. The lowest BCUT2D eigenvalue weighted by atomic mass is 9.89. The third kappa shape index (κ3) is 1.93. The Morgan fingerprint density at radius 1 is 1.38 bits per heavy atom. The third-order valence-corrected chi connectivity index (χ3v) is 3.59. The van der Waals surface area contributed by atoms with Crippen LogP contribution >= 0.6 is 11.6 Å². The van der Waals surface area contributed by atoms with Gasteiger partial charge in [-0.1, -0.05) is 11.6 Å². The van der Waals surface area contributed by atoms with Gasteiger partial charge < -0.3 is 5.11 Å². The zero-order chi connectivity index (χ0) is 11.2. The fraction of sp³-hybridized carbons (Fsp3) is 0.636. The van der Waals surface area contributed by atoms with E-state index in [4.69, 9.17) is 11.6 Å². The van der Waals surface area contributed by atoms with Crippen molar-refractivity contribution in [1.82, 2.24) is 14.9 Å². The van der Waals surface area contributed by atoms with Crippen LogP contribution in [-0.4, -0.2) is 38.7 Å². The van der Waals surface area contributed by atoms with Crippen molar-refractivity contribution in [3.8, 4) is 0 Å². The molecule has 3 rings (SSSR count). The first-order valence-corrected chi connectivity index (χ1v) is 5.95. The topological polar surface area (TPSA) is 49.2 Å². The molecule has 1 saturated heterocycles. The van der Waals surface area contributed by atoms with Crippen LogP contribution in [0, 0.1) is 5.92 Å². The minimum absolute atomic E-state index is 0.417. The van der Waals surface area contributed by atoms with Crippen LogP contribution in [0.4, 0.5) is 0 Å². The van der Waals surface area contributed by atoms with Crippen molar-refractivity contribution in [1.29, 1.82) is 0 Å². The minimum Gasteiger partial charge on any atom is -0.387 e. The molecule has 5 heteroatoms. The first kappa shape index (κ1) is 10.4. The molecule has 1 aliphatic carbocycles. The molecule has 16 heavy (non-hydrogen) atoms. The van der Waals surface area contributed by atoms with E-state index in [2.05, 4.69) is 14.9 Å². The predicted molar refractivity (Wildman–Crippen MR) is 60.0 cm³/mol. The van der Waals surface area contributed by atoms with Gasteiger partial charge in [0.05, 0.1) is 23.7 Å². The van der Waals surface area contributed by atoms with Crippen LogP contribution in [0.5, 0.6) is 0 Å². The molecular weight excluding hydrogens is 226 g/mol. The predicted octanol–water partition coefficient (Wildman–Crippen LogP) is 1.09. The summed E-state index contributed by atoms with van der Waals surface area (Å²) in [5.41, 5.74) is 0.488. The van der Waals surface area contributed by atoms with Crippen LogP contribution in [0.15, 0.2) is 12.4 Å². The standard InChI is InChI=1S/C11H14ClN3O/c12-10-4-13-9(3-14-10)5-15-6-11(16,7-15)8-1-2-8/h3-4,8,16H,1-2,5-7H2. The smallest absolute Gasteiger partial charge is 0.147 e. The molecule has 1 aliphatic heterocycles. The lowest BCUT2D eigenvalue weighted by molar-refractivity contribution is -0.117. The van der Waals surface area contributed by atoms with Crippen LogP contribution in [0.3, 0.4) is 0 Å². The van der Waals surface area contributed by atoms with Crippen molar-refractivity contribution >= 4 is 11.6 Å². The Labute approximate surface area is 99.3 Å². The second-order valence-electron chi connectivity index (χ2n) is 4.85. The molecular formula is C11H14ClN3O.